The molecule has 22 heavy (non-hydrogen) atoms. The number of aromatic nitrogens is 2. The van der Waals surface area contributed by atoms with Gasteiger partial charge in [-0.3, -0.25) is 4.68 Å². The molecule has 0 saturated carbocycles. The van der Waals surface area contributed by atoms with Gasteiger partial charge in [-0.2, -0.15) is 5.10 Å². The van der Waals surface area contributed by atoms with Gasteiger partial charge in [0.1, 0.15) is 5.60 Å². The maximum atomic E-state index is 11.7. The molecule has 2 N–H and O–H groups in total. The van der Waals surface area contributed by atoms with Crippen molar-refractivity contribution in [3.63, 3.8) is 0 Å². The smallest absolute Gasteiger partial charge is 0.407 e. The second kappa shape index (κ2) is 7.83. The number of nitrogens with zero attached hydrogens (tertiary/aromatic N) is 2. The molecule has 1 aromatic heterocycles. The molecule has 0 aliphatic rings. The van der Waals surface area contributed by atoms with Crippen LogP contribution in [0.2, 0.25) is 5.02 Å². The highest BCUT2D eigenvalue weighted by Gasteiger charge is 2.20. The number of amides is 1. The van der Waals surface area contributed by atoms with Crippen molar-refractivity contribution in [3.8, 4) is 0 Å². The third kappa shape index (κ3) is 5.50. The molecular formula is C15H26ClN3O3. The number of ether oxygens (including phenoxy) is 1. The number of hydrogen-bond donors (Lipinski definition) is 2. The lowest BCUT2D eigenvalue weighted by Gasteiger charge is -2.21. The van der Waals surface area contributed by atoms with E-state index in [0.29, 0.717) is 24.5 Å². The van der Waals surface area contributed by atoms with Crippen LogP contribution in [0.5, 0.6) is 0 Å². The molecule has 1 aromatic rings. The van der Waals surface area contributed by atoms with Crippen molar-refractivity contribution in [1.82, 2.24) is 15.1 Å². The number of aliphatic hydroxyl groups is 1. The van der Waals surface area contributed by atoms with Gasteiger partial charge >= 0.3 is 6.09 Å². The molecule has 6 nitrogen and oxygen atoms in total. The monoisotopic (exact) mass is 331 g/mol. The highest BCUT2D eigenvalue weighted by atomic mass is 35.5. The van der Waals surface area contributed by atoms with Gasteiger partial charge in [0.2, 0.25) is 0 Å². The SMILES string of the molecule is CCn1nc(C)c(Cl)c1CC(CO)CNC(=O)OC(C)(C)C. The van der Waals surface area contributed by atoms with Crippen molar-refractivity contribution in [2.24, 2.45) is 5.92 Å². The number of aryl methyl sites for hydroxylation is 2. The van der Waals surface area contributed by atoms with Crippen LogP contribution in [0.4, 0.5) is 4.79 Å². The van der Waals surface area contributed by atoms with Crippen LogP contribution in [-0.2, 0) is 17.7 Å². The summed E-state index contributed by atoms with van der Waals surface area (Å²) in [7, 11) is 0. The lowest BCUT2D eigenvalue weighted by Crippen LogP contribution is -2.36. The third-order valence-corrected chi connectivity index (χ3v) is 3.62. The van der Waals surface area contributed by atoms with Gasteiger partial charge in [0.15, 0.2) is 0 Å². The van der Waals surface area contributed by atoms with Crippen LogP contribution < -0.4 is 5.32 Å². The minimum Gasteiger partial charge on any atom is -0.444 e. The molecule has 126 valence electrons. The summed E-state index contributed by atoms with van der Waals surface area (Å²) in [6.07, 6.45) is 0.0528. The largest absolute Gasteiger partial charge is 0.444 e. The van der Waals surface area contributed by atoms with E-state index in [1.165, 1.54) is 0 Å². The normalized spacial score (nSPS) is 13.0. The summed E-state index contributed by atoms with van der Waals surface area (Å²) in [6.45, 7) is 10.2. The fourth-order valence-corrected chi connectivity index (χ4v) is 2.29. The molecular weight excluding hydrogens is 306 g/mol. The molecule has 1 unspecified atom stereocenters. The summed E-state index contributed by atoms with van der Waals surface area (Å²) in [4.78, 5) is 11.7. The molecule has 0 saturated heterocycles. The number of halogens is 1. The fourth-order valence-electron chi connectivity index (χ4n) is 2.08. The van der Waals surface area contributed by atoms with E-state index in [2.05, 4.69) is 10.4 Å². The fraction of sp³-hybridized carbons (Fsp3) is 0.733. The maximum Gasteiger partial charge on any atom is 0.407 e. The first-order chi connectivity index (χ1) is 10.2. The van der Waals surface area contributed by atoms with Crippen LogP contribution >= 0.6 is 11.6 Å². The van der Waals surface area contributed by atoms with Crippen LogP contribution in [0, 0.1) is 12.8 Å². The Kier molecular flexibility index (Phi) is 6.68. The predicted octanol–water partition coefficient (Wildman–Crippen LogP) is 2.54. The van der Waals surface area contributed by atoms with Crippen LogP contribution in [-0.4, -0.2) is 39.7 Å². The van der Waals surface area contributed by atoms with Gasteiger partial charge in [-0.05, 0) is 41.0 Å². The molecule has 0 bridgehead atoms. The number of rotatable bonds is 6. The number of carbonyl (C=O) groups excluding carboxylic acids is 1. The van der Waals surface area contributed by atoms with Crippen molar-refractivity contribution < 1.29 is 14.6 Å². The summed E-state index contributed by atoms with van der Waals surface area (Å²) >= 11 is 6.27. The van der Waals surface area contributed by atoms with Crippen molar-refractivity contribution in [2.45, 2.75) is 53.2 Å². The van der Waals surface area contributed by atoms with E-state index in [4.69, 9.17) is 16.3 Å². The molecule has 0 fully saturated rings. The number of hydrogen-bond acceptors (Lipinski definition) is 4. The number of aliphatic hydroxyl groups excluding tert-OH is 1. The second-order valence-electron chi connectivity index (χ2n) is 6.30. The molecule has 0 aromatic carbocycles. The van der Waals surface area contributed by atoms with Crippen LogP contribution in [0.3, 0.4) is 0 Å². The Morgan fingerprint density at radius 2 is 2.14 bits per heavy atom. The van der Waals surface area contributed by atoms with Gasteiger partial charge in [0.25, 0.3) is 0 Å². The van der Waals surface area contributed by atoms with Gasteiger partial charge in [0, 0.05) is 25.6 Å². The lowest BCUT2D eigenvalue weighted by molar-refractivity contribution is 0.0512. The number of carbonyl (C=O) groups is 1. The summed E-state index contributed by atoms with van der Waals surface area (Å²) < 4.78 is 7.01. The molecule has 1 heterocycles. The average Bonchev–Trinajstić information content (AvgIpc) is 2.68. The molecule has 1 atom stereocenters. The van der Waals surface area contributed by atoms with Crippen molar-refractivity contribution in [3.05, 3.63) is 16.4 Å². The molecule has 0 spiro atoms. The number of nitrogens with one attached hydrogen (secondary N) is 1. The number of alkyl carbamates (subject to hydrolysis) is 1. The Labute approximate surface area is 136 Å². The minimum absolute atomic E-state index is 0.0555. The van der Waals surface area contributed by atoms with Crippen LogP contribution in [0.15, 0.2) is 0 Å². The zero-order valence-corrected chi connectivity index (χ0v) is 14.7. The Morgan fingerprint density at radius 3 is 2.64 bits per heavy atom. The predicted molar refractivity (Wildman–Crippen MR) is 86.2 cm³/mol. The topological polar surface area (TPSA) is 76.4 Å². The average molecular weight is 332 g/mol. The van der Waals surface area contributed by atoms with Gasteiger partial charge in [-0.15, -0.1) is 0 Å². The zero-order chi connectivity index (χ0) is 16.9. The van der Waals surface area contributed by atoms with Crippen molar-refractivity contribution in [2.75, 3.05) is 13.2 Å². The third-order valence-electron chi connectivity index (χ3n) is 3.13. The van der Waals surface area contributed by atoms with Gasteiger partial charge in [0.05, 0.1) is 16.4 Å². The maximum absolute atomic E-state index is 11.7. The second-order valence-corrected chi connectivity index (χ2v) is 6.68. The first-order valence-electron chi connectivity index (χ1n) is 7.47. The van der Waals surface area contributed by atoms with Gasteiger partial charge in [-0.25, -0.2) is 4.79 Å². The molecule has 1 amide bonds. The Hall–Kier alpha value is -1.27. The standard InChI is InChI=1S/C15H26ClN3O3/c1-6-19-12(13(16)10(2)18-19)7-11(9-20)8-17-14(21)22-15(3,4)5/h11,20H,6-9H2,1-5H3,(H,17,21). The minimum atomic E-state index is -0.542. The highest BCUT2D eigenvalue weighted by Crippen LogP contribution is 2.23. The molecule has 0 aliphatic heterocycles. The van der Waals surface area contributed by atoms with Crippen molar-refractivity contribution >= 4 is 17.7 Å². The summed E-state index contributed by atoms with van der Waals surface area (Å²) in [6, 6.07) is 0. The quantitative estimate of drug-likeness (QED) is 0.840. The van der Waals surface area contributed by atoms with E-state index in [1.807, 2.05) is 18.5 Å². The summed E-state index contributed by atoms with van der Waals surface area (Å²) in [5.41, 5.74) is 1.11. The highest BCUT2D eigenvalue weighted by molar-refractivity contribution is 6.31. The summed E-state index contributed by atoms with van der Waals surface area (Å²) in [5, 5.41) is 17.2. The van der Waals surface area contributed by atoms with E-state index in [1.54, 1.807) is 20.8 Å². The Balaban J connectivity index is 2.65. The first-order valence-corrected chi connectivity index (χ1v) is 7.85. The van der Waals surface area contributed by atoms with E-state index in [0.717, 1.165) is 11.4 Å². The van der Waals surface area contributed by atoms with E-state index < -0.39 is 11.7 Å². The van der Waals surface area contributed by atoms with E-state index in [9.17, 15) is 9.90 Å². The van der Waals surface area contributed by atoms with Gasteiger partial charge < -0.3 is 15.2 Å². The van der Waals surface area contributed by atoms with Crippen LogP contribution in [0.1, 0.15) is 39.1 Å². The van der Waals surface area contributed by atoms with Crippen LogP contribution in [0.25, 0.3) is 0 Å². The molecule has 1 rings (SSSR count). The molecule has 0 radical (unpaired) electrons. The molecule has 0 aliphatic carbocycles. The summed E-state index contributed by atoms with van der Waals surface area (Å²) in [5.74, 6) is -0.147. The first kappa shape index (κ1) is 18.8. The van der Waals surface area contributed by atoms with Crippen molar-refractivity contribution in [1.29, 1.82) is 0 Å². The Morgan fingerprint density at radius 1 is 1.50 bits per heavy atom. The molecule has 7 heteroatoms. The Bertz CT molecular complexity index is 509. The lowest BCUT2D eigenvalue weighted by atomic mass is 10.0. The zero-order valence-electron chi connectivity index (χ0n) is 13.9. The van der Waals surface area contributed by atoms with E-state index >= 15 is 0 Å². The van der Waals surface area contributed by atoms with E-state index in [-0.39, 0.29) is 12.5 Å². The van der Waals surface area contributed by atoms with Gasteiger partial charge in [-0.1, -0.05) is 11.6 Å².